The predicted molar refractivity (Wildman–Crippen MR) is 140 cm³/mol. The number of fused-ring (bicyclic) bond motifs is 2. The van der Waals surface area contributed by atoms with Gasteiger partial charge in [-0.05, 0) is 34.4 Å². The molecule has 4 aromatic rings. The van der Waals surface area contributed by atoms with Crippen LogP contribution in [-0.4, -0.2) is 35.0 Å². The Morgan fingerprint density at radius 3 is 2.49 bits per heavy atom. The predicted octanol–water partition coefficient (Wildman–Crippen LogP) is 2.72. The molecule has 0 aliphatic heterocycles. The van der Waals surface area contributed by atoms with Gasteiger partial charge in [-0.25, -0.2) is 4.99 Å². The van der Waals surface area contributed by atoms with Gasteiger partial charge in [0.15, 0.2) is 5.96 Å². The zero-order valence-electron chi connectivity index (χ0n) is 19.6. The van der Waals surface area contributed by atoms with Crippen LogP contribution in [0.1, 0.15) is 24.5 Å². The van der Waals surface area contributed by atoms with Crippen molar-refractivity contribution in [3.8, 4) is 0 Å². The fourth-order valence-electron chi connectivity index (χ4n) is 4.18. The molecular formula is C27H30N6O2. The van der Waals surface area contributed by atoms with Crippen LogP contribution < -0.4 is 22.1 Å². The normalized spacial score (nSPS) is 12.7. The summed E-state index contributed by atoms with van der Waals surface area (Å²) in [5, 5.41) is 8.94. The van der Waals surface area contributed by atoms with E-state index in [4.69, 9.17) is 11.5 Å². The number of nitrogens with two attached hydrogens (primary N) is 2. The molecule has 0 fully saturated rings. The first kappa shape index (κ1) is 23.8. The van der Waals surface area contributed by atoms with Gasteiger partial charge in [-0.2, -0.15) is 0 Å². The molecule has 4 rings (SSSR count). The lowest BCUT2D eigenvalue weighted by Crippen LogP contribution is -2.51. The quantitative estimate of drug-likeness (QED) is 0.190. The van der Waals surface area contributed by atoms with Gasteiger partial charge in [-0.1, -0.05) is 67.6 Å². The summed E-state index contributed by atoms with van der Waals surface area (Å²) in [5.41, 5.74) is 13.8. The van der Waals surface area contributed by atoms with Crippen LogP contribution in [0.3, 0.4) is 0 Å². The molecule has 180 valence electrons. The number of rotatable bonds is 9. The van der Waals surface area contributed by atoms with Gasteiger partial charge in [0.05, 0.1) is 6.42 Å². The van der Waals surface area contributed by atoms with E-state index in [9.17, 15) is 9.59 Å². The van der Waals surface area contributed by atoms with Gasteiger partial charge in [-0.15, -0.1) is 0 Å². The topological polar surface area (TPSA) is 138 Å². The highest BCUT2D eigenvalue weighted by atomic mass is 16.2. The molecule has 35 heavy (non-hydrogen) atoms. The second-order valence-corrected chi connectivity index (χ2v) is 8.53. The van der Waals surface area contributed by atoms with Gasteiger partial charge in [-0.3, -0.25) is 9.59 Å². The fraction of sp³-hybridized carbons (Fsp3) is 0.222. The molecule has 8 heteroatoms. The first-order valence-electron chi connectivity index (χ1n) is 11.6. The number of para-hydroxylation sites is 1. The average molecular weight is 471 g/mol. The highest BCUT2D eigenvalue weighted by molar-refractivity contribution is 5.91. The highest BCUT2D eigenvalue weighted by Crippen LogP contribution is 2.20. The number of nitrogens with zero attached hydrogens (tertiary/aromatic N) is 1. The lowest BCUT2D eigenvalue weighted by Gasteiger charge is -2.21. The number of carbonyl (C=O) groups is 2. The number of amides is 2. The van der Waals surface area contributed by atoms with Crippen LogP contribution in [0.2, 0.25) is 0 Å². The van der Waals surface area contributed by atoms with Crippen molar-refractivity contribution in [1.29, 1.82) is 0 Å². The van der Waals surface area contributed by atoms with Crippen molar-refractivity contribution in [2.75, 3.05) is 0 Å². The van der Waals surface area contributed by atoms with Crippen molar-refractivity contribution >= 4 is 39.4 Å². The van der Waals surface area contributed by atoms with Gasteiger partial charge < -0.3 is 27.1 Å². The molecule has 0 bridgehead atoms. The number of aromatic nitrogens is 1. The van der Waals surface area contributed by atoms with E-state index in [0.29, 0.717) is 12.8 Å². The summed E-state index contributed by atoms with van der Waals surface area (Å²) in [6, 6.07) is 21.0. The molecule has 0 saturated heterocycles. The van der Waals surface area contributed by atoms with Crippen LogP contribution in [0.15, 0.2) is 77.9 Å². The zero-order chi connectivity index (χ0) is 24.8. The Bertz CT molecular complexity index is 1370. The van der Waals surface area contributed by atoms with Gasteiger partial charge in [0.2, 0.25) is 11.8 Å². The smallest absolute Gasteiger partial charge is 0.244 e. The van der Waals surface area contributed by atoms with Gasteiger partial charge >= 0.3 is 0 Å². The molecule has 2 amide bonds. The van der Waals surface area contributed by atoms with E-state index in [2.05, 4.69) is 20.6 Å². The summed E-state index contributed by atoms with van der Waals surface area (Å²) in [4.78, 5) is 33.5. The summed E-state index contributed by atoms with van der Waals surface area (Å²) in [6.07, 6.45) is 2.28. The number of guanidine groups is 1. The number of carbonyl (C=O) groups excluding carboxylic acids is 2. The lowest BCUT2D eigenvalue weighted by atomic mass is 10.0. The lowest BCUT2D eigenvalue weighted by molar-refractivity contribution is -0.129. The minimum atomic E-state index is -0.801. The van der Waals surface area contributed by atoms with Crippen molar-refractivity contribution < 1.29 is 9.59 Å². The van der Waals surface area contributed by atoms with Crippen LogP contribution >= 0.6 is 0 Å². The number of aliphatic imine (C=N–C) groups is 1. The first-order valence-corrected chi connectivity index (χ1v) is 11.6. The molecule has 0 spiro atoms. The number of nitrogens with one attached hydrogen (secondary N) is 3. The Morgan fingerprint density at radius 2 is 1.71 bits per heavy atom. The zero-order valence-corrected chi connectivity index (χ0v) is 19.6. The molecule has 2 unspecified atom stereocenters. The van der Waals surface area contributed by atoms with Gasteiger partial charge in [0, 0.05) is 23.5 Å². The van der Waals surface area contributed by atoms with Crippen molar-refractivity contribution in [3.63, 3.8) is 0 Å². The Labute approximate surface area is 203 Å². The third-order valence-electron chi connectivity index (χ3n) is 5.93. The van der Waals surface area contributed by atoms with Crippen LogP contribution in [0.5, 0.6) is 0 Å². The molecule has 0 radical (unpaired) electrons. The van der Waals surface area contributed by atoms with E-state index in [1.807, 2.05) is 79.9 Å². The second-order valence-electron chi connectivity index (χ2n) is 8.53. The van der Waals surface area contributed by atoms with E-state index >= 15 is 0 Å². The molecule has 1 aromatic heterocycles. The highest BCUT2D eigenvalue weighted by Gasteiger charge is 2.24. The van der Waals surface area contributed by atoms with E-state index in [1.165, 1.54) is 0 Å². The van der Waals surface area contributed by atoms with Crippen LogP contribution in [0.25, 0.3) is 21.7 Å². The standard InChI is InChI=1S/C27H30N6O2/c1-2-24(33-27(28)29)32-26(35)23(15-20-16-30-22-10-6-5-9-21(20)22)31-25(34)14-17-11-12-18-7-3-4-8-19(18)13-17/h3-13,16,23-24,30H,2,14-15H2,1H3,(H,31,34)(H,32,35)(H4,28,29,33). The molecule has 1 heterocycles. The van der Waals surface area contributed by atoms with Crippen molar-refractivity contribution in [2.45, 2.75) is 38.4 Å². The Morgan fingerprint density at radius 1 is 0.971 bits per heavy atom. The Hall–Kier alpha value is -4.33. The maximum atomic E-state index is 13.2. The molecular weight excluding hydrogens is 440 g/mol. The van der Waals surface area contributed by atoms with Crippen molar-refractivity contribution in [2.24, 2.45) is 16.5 Å². The van der Waals surface area contributed by atoms with E-state index < -0.39 is 12.2 Å². The molecule has 8 nitrogen and oxygen atoms in total. The summed E-state index contributed by atoms with van der Waals surface area (Å²) >= 11 is 0. The van der Waals surface area contributed by atoms with E-state index in [1.54, 1.807) is 0 Å². The second kappa shape index (κ2) is 10.7. The molecule has 0 saturated carbocycles. The SMILES string of the molecule is CCC(N=C(N)N)NC(=O)C(Cc1c[nH]c2ccccc12)NC(=O)Cc1ccc2ccccc2c1. The number of hydrogen-bond acceptors (Lipinski definition) is 3. The minimum Gasteiger partial charge on any atom is -0.370 e. The number of benzene rings is 3. The number of aromatic amines is 1. The minimum absolute atomic E-state index is 0.106. The summed E-state index contributed by atoms with van der Waals surface area (Å²) < 4.78 is 0. The first-order chi connectivity index (χ1) is 16.9. The largest absolute Gasteiger partial charge is 0.370 e. The maximum Gasteiger partial charge on any atom is 0.244 e. The third-order valence-corrected chi connectivity index (χ3v) is 5.93. The Balaban J connectivity index is 1.54. The summed E-state index contributed by atoms with van der Waals surface area (Å²) in [5.74, 6) is -0.695. The summed E-state index contributed by atoms with van der Waals surface area (Å²) in [6.45, 7) is 1.87. The monoisotopic (exact) mass is 470 g/mol. The maximum absolute atomic E-state index is 13.2. The van der Waals surface area contributed by atoms with E-state index in [-0.39, 0.29) is 24.2 Å². The molecule has 0 aliphatic carbocycles. The molecule has 2 atom stereocenters. The summed E-state index contributed by atoms with van der Waals surface area (Å²) in [7, 11) is 0. The third kappa shape index (κ3) is 5.97. The van der Waals surface area contributed by atoms with E-state index in [0.717, 1.165) is 32.8 Å². The van der Waals surface area contributed by atoms with Gasteiger partial charge in [0.1, 0.15) is 12.2 Å². The molecule has 0 aliphatic rings. The molecule has 7 N–H and O–H groups in total. The number of hydrogen-bond donors (Lipinski definition) is 5. The fourth-order valence-corrected chi connectivity index (χ4v) is 4.18. The average Bonchev–Trinajstić information content (AvgIpc) is 3.25. The van der Waals surface area contributed by atoms with Crippen LogP contribution in [0, 0.1) is 0 Å². The Kier molecular flexibility index (Phi) is 7.30. The van der Waals surface area contributed by atoms with Crippen LogP contribution in [-0.2, 0) is 22.4 Å². The van der Waals surface area contributed by atoms with Crippen molar-refractivity contribution in [1.82, 2.24) is 15.6 Å². The molecule has 3 aromatic carbocycles. The number of H-pyrrole nitrogens is 1. The van der Waals surface area contributed by atoms with Crippen molar-refractivity contribution in [3.05, 3.63) is 84.1 Å². The van der Waals surface area contributed by atoms with Gasteiger partial charge in [0.25, 0.3) is 0 Å². The van der Waals surface area contributed by atoms with Crippen LogP contribution in [0.4, 0.5) is 0 Å².